The average molecular weight is 311 g/mol. The van der Waals surface area contributed by atoms with E-state index < -0.39 is 11.8 Å². The molecule has 2 aromatic heterocycles. The Kier molecular flexibility index (Phi) is 3.88. The Morgan fingerprint density at radius 1 is 1.17 bits per heavy atom. The third-order valence-corrected chi connectivity index (χ3v) is 2.99. The van der Waals surface area contributed by atoms with E-state index in [-0.39, 0.29) is 11.4 Å². The van der Waals surface area contributed by atoms with Crippen LogP contribution in [0.25, 0.3) is 17.8 Å². The normalized spacial score (nSPS) is 11.0. The lowest BCUT2D eigenvalue weighted by Gasteiger charge is -2.03. The van der Waals surface area contributed by atoms with Crippen molar-refractivity contribution >= 4 is 18.1 Å². The molecule has 2 heterocycles. The first-order valence-electron chi connectivity index (χ1n) is 6.51. The highest BCUT2D eigenvalue weighted by molar-refractivity contribution is 5.86. The monoisotopic (exact) mass is 311 g/mol. The smallest absolute Gasteiger partial charge is 0.354 e. The minimum absolute atomic E-state index is 0.104. The molecule has 1 aromatic carbocycles. The molecule has 0 spiro atoms. The molecule has 0 aliphatic carbocycles. The largest absolute Gasteiger partial charge is 0.477 e. The molecule has 0 aliphatic rings. The van der Waals surface area contributed by atoms with E-state index in [1.165, 1.54) is 29.5 Å². The van der Waals surface area contributed by atoms with Gasteiger partial charge in [0.15, 0.2) is 5.69 Å². The van der Waals surface area contributed by atoms with Crippen LogP contribution in [0.5, 0.6) is 0 Å². The van der Waals surface area contributed by atoms with Crippen LogP contribution in [-0.4, -0.2) is 35.8 Å². The molecular formula is C15H10FN5O2. The summed E-state index contributed by atoms with van der Waals surface area (Å²) in [6, 6.07) is 5.95. The summed E-state index contributed by atoms with van der Waals surface area (Å²) >= 11 is 0. The Bertz CT molecular complexity index is 877. The third kappa shape index (κ3) is 3.26. The Morgan fingerprint density at radius 3 is 2.74 bits per heavy atom. The van der Waals surface area contributed by atoms with Gasteiger partial charge in [-0.3, -0.25) is 0 Å². The number of rotatable bonds is 4. The highest BCUT2D eigenvalue weighted by Gasteiger charge is 2.06. The van der Waals surface area contributed by atoms with Crippen molar-refractivity contribution in [3.63, 3.8) is 0 Å². The molecule has 0 amide bonds. The quantitative estimate of drug-likeness (QED) is 0.792. The molecule has 0 saturated heterocycles. The average Bonchev–Trinajstić information content (AvgIpc) is 3.07. The molecule has 1 N–H and O–H groups in total. The number of hydrogen-bond acceptors (Lipinski definition) is 5. The van der Waals surface area contributed by atoms with E-state index in [9.17, 15) is 9.18 Å². The number of hydrogen-bond donors (Lipinski definition) is 1. The van der Waals surface area contributed by atoms with Crippen molar-refractivity contribution in [2.45, 2.75) is 0 Å². The molecule has 0 aliphatic heterocycles. The molecule has 114 valence electrons. The topological polar surface area (TPSA) is 93.8 Å². The van der Waals surface area contributed by atoms with Gasteiger partial charge in [-0.2, -0.15) is 5.10 Å². The predicted octanol–water partition coefficient (Wildman–Crippen LogP) is 2.06. The van der Waals surface area contributed by atoms with Crippen LogP contribution in [0.4, 0.5) is 4.39 Å². The first kappa shape index (κ1) is 14.5. The zero-order valence-corrected chi connectivity index (χ0v) is 11.7. The molecule has 3 aromatic rings. The summed E-state index contributed by atoms with van der Waals surface area (Å²) < 4.78 is 15.4. The number of carbonyl (C=O) groups is 1. The number of nitrogens with zero attached hydrogens (tertiary/aromatic N) is 5. The molecule has 8 heteroatoms. The fraction of sp³-hybridized carbons (Fsp3) is 0. The SMILES string of the molecule is O=C(O)c1cc(/C=C/c2ccc(-n3cncn3)c(F)c2)ncn1. The van der Waals surface area contributed by atoms with Gasteiger partial charge in [-0.25, -0.2) is 28.8 Å². The van der Waals surface area contributed by atoms with Gasteiger partial charge in [-0.1, -0.05) is 12.1 Å². The zero-order valence-electron chi connectivity index (χ0n) is 11.7. The Balaban J connectivity index is 1.84. The summed E-state index contributed by atoms with van der Waals surface area (Å²) in [6.07, 6.45) is 7.10. The maximum absolute atomic E-state index is 14.1. The van der Waals surface area contributed by atoms with Crippen molar-refractivity contribution in [2.24, 2.45) is 0 Å². The molecule has 0 fully saturated rings. The summed E-state index contributed by atoms with van der Waals surface area (Å²) in [5.41, 5.74) is 1.20. The number of aromatic carboxylic acids is 1. The summed E-state index contributed by atoms with van der Waals surface area (Å²) in [5.74, 6) is -1.59. The van der Waals surface area contributed by atoms with E-state index in [1.54, 1.807) is 24.3 Å². The number of benzene rings is 1. The molecule has 0 radical (unpaired) electrons. The van der Waals surface area contributed by atoms with Crippen LogP contribution in [0, 0.1) is 5.82 Å². The number of halogens is 1. The fourth-order valence-corrected chi connectivity index (χ4v) is 1.91. The van der Waals surface area contributed by atoms with Crippen molar-refractivity contribution in [1.29, 1.82) is 0 Å². The van der Waals surface area contributed by atoms with E-state index >= 15 is 0 Å². The summed E-state index contributed by atoms with van der Waals surface area (Å²) in [4.78, 5) is 22.2. The maximum atomic E-state index is 14.1. The molecular weight excluding hydrogens is 301 g/mol. The van der Waals surface area contributed by atoms with Crippen LogP contribution in [0.3, 0.4) is 0 Å². The Hall–Kier alpha value is -3.42. The van der Waals surface area contributed by atoms with Crippen molar-refractivity contribution in [3.05, 3.63) is 66.0 Å². The van der Waals surface area contributed by atoms with Crippen LogP contribution < -0.4 is 0 Å². The molecule has 7 nitrogen and oxygen atoms in total. The van der Waals surface area contributed by atoms with Crippen molar-refractivity contribution in [2.75, 3.05) is 0 Å². The van der Waals surface area contributed by atoms with Crippen molar-refractivity contribution in [3.8, 4) is 5.69 Å². The van der Waals surface area contributed by atoms with Crippen LogP contribution in [0.2, 0.25) is 0 Å². The zero-order chi connectivity index (χ0) is 16.2. The predicted molar refractivity (Wildman–Crippen MR) is 79.2 cm³/mol. The van der Waals surface area contributed by atoms with Gasteiger partial charge in [0.05, 0.1) is 5.69 Å². The fourth-order valence-electron chi connectivity index (χ4n) is 1.91. The maximum Gasteiger partial charge on any atom is 0.354 e. The Labute approximate surface area is 129 Å². The minimum atomic E-state index is -1.13. The van der Waals surface area contributed by atoms with Gasteiger partial charge in [-0.05, 0) is 29.8 Å². The summed E-state index contributed by atoms with van der Waals surface area (Å²) in [5, 5.41) is 12.7. The van der Waals surface area contributed by atoms with Gasteiger partial charge in [0, 0.05) is 0 Å². The van der Waals surface area contributed by atoms with Crippen LogP contribution in [-0.2, 0) is 0 Å². The van der Waals surface area contributed by atoms with Crippen LogP contribution >= 0.6 is 0 Å². The van der Waals surface area contributed by atoms with E-state index in [2.05, 4.69) is 20.1 Å². The van der Waals surface area contributed by atoms with Gasteiger partial charge in [-0.15, -0.1) is 0 Å². The van der Waals surface area contributed by atoms with Gasteiger partial charge in [0.2, 0.25) is 0 Å². The second-order valence-corrected chi connectivity index (χ2v) is 4.52. The van der Waals surface area contributed by atoms with Gasteiger partial charge in [0.25, 0.3) is 0 Å². The second-order valence-electron chi connectivity index (χ2n) is 4.52. The Morgan fingerprint density at radius 2 is 2.04 bits per heavy atom. The highest BCUT2D eigenvalue weighted by Crippen LogP contribution is 2.16. The number of carboxylic acid groups (broad SMARTS) is 1. The first-order chi connectivity index (χ1) is 11.1. The van der Waals surface area contributed by atoms with Gasteiger partial charge in [0.1, 0.15) is 30.5 Å². The third-order valence-electron chi connectivity index (χ3n) is 2.99. The number of aromatic nitrogens is 5. The molecule has 3 rings (SSSR count). The lowest BCUT2D eigenvalue weighted by atomic mass is 10.1. The lowest BCUT2D eigenvalue weighted by molar-refractivity contribution is 0.0690. The molecule has 0 atom stereocenters. The number of carboxylic acids is 1. The van der Waals surface area contributed by atoms with E-state index in [1.807, 2.05) is 0 Å². The molecule has 23 heavy (non-hydrogen) atoms. The standard InChI is InChI=1S/C15H10FN5O2/c16-12-5-10(2-4-14(12)21-9-17-7-20-21)1-3-11-6-13(15(22)23)19-8-18-11/h1-9H,(H,22,23)/b3-1+. The molecule has 0 saturated carbocycles. The van der Waals surface area contributed by atoms with Crippen LogP contribution in [0.15, 0.2) is 43.2 Å². The first-order valence-corrected chi connectivity index (χ1v) is 6.51. The lowest BCUT2D eigenvalue weighted by Crippen LogP contribution is -2.01. The summed E-state index contributed by atoms with van der Waals surface area (Å²) in [7, 11) is 0. The highest BCUT2D eigenvalue weighted by atomic mass is 19.1. The molecule has 0 bridgehead atoms. The second kappa shape index (κ2) is 6.14. The van der Waals surface area contributed by atoms with Gasteiger partial charge >= 0.3 is 5.97 Å². The van der Waals surface area contributed by atoms with E-state index in [0.717, 1.165) is 6.33 Å². The minimum Gasteiger partial charge on any atom is -0.477 e. The van der Waals surface area contributed by atoms with Gasteiger partial charge < -0.3 is 5.11 Å². The molecule has 0 unspecified atom stereocenters. The van der Waals surface area contributed by atoms with Crippen molar-refractivity contribution in [1.82, 2.24) is 24.7 Å². The van der Waals surface area contributed by atoms with Crippen molar-refractivity contribution < 1.29 is 14.3 Å². The van der Waals surface area contributed by atoms with E-state index in [0.29, 0.717) is 11.3 Å². The summed E-state index contributed by atoms with van der Waals surface area (Å²) in [6.45, 7) is 0. The van der Waals surface area contributed by atoms with Crippen LogP contribution in [0.1, 0.15) is 21.7 Å². The van der Waals surface area contributed by atoms with E-state index in [4.69, 9.17) is 5.11 Å².